The lowest BCUT2D eigenvalue weighted by atomic mass is 10.0. The fraction of sp³-hybridized carbons (Fsp3) is 0. The first-order chi connectivity index (χ1) is 23.3. The van der Waals surface area contributed by atoms with Gasteiger partial charge in [0.25, 0.3) is 0 Å². The van der Waals surface area contributed by atoms with E-state index in [1.54, 1.807) is 0 Å². The molecule has 0 fully saturated rings. The van der Waals surface area contributed by atoms with Crippen LogP contribution in [0.25, 0.3) is 55.3 Å². The summed E-state index contributed by atoms with van der Waals surface area (Å²) in [5.41, 5.74) is 10.3. The molecule has 0 N–H and O–H groups in total. The second-order valence-electron chi connectivity index (χ2n) is 11.7. The molecule has 9 rings (SSSR count). The van der Waals surface area contributed by atoms with Crippen molar-refractivity contribution in [1.82, 2.24) is 14.1 Å². The molecule has 9 aromatic rings. The summed E-state index contributed by atoms with van der Waals surface area (Å²) < 4.78 is 4.83. The number of benzene rings is 6. The molecule has 3 aromatic heterocycles. The van der Waals surface area contributed by atoms with Crippen molar-refractivity contribution < 1.29 is 0 Å². The van der Waals surface area contributed by atoms with Gasteiger partial charge in [-0.25, -0.2) is 4.98 Å². The molecular weight excluding hydrogens is 573 g/mol. The van der Waals surface area contributed by atoms with Crippen LogP contribution < -0.4 is 4.90 Å². The first kappa shape index (κ1) is 27.0. The number of hydrogen-bond acceptors (Lipinski definition) is 2. The molecule has 222 valence electrons. The van der Waals surface area contributed by atoms with E-state index in [2.05, 4.69) is 171 Å². The number of aromatic nitrogens is 3. The van der Waals surface area contributed by atoms with Crippen LogP contribution >= 0.6 is 0 Å². The quantitative estimate of drug-likeness (QED) is 0.189. The summed E-state index contributed by atoms with van der Waals surface area (Å²) >= 11 is 0. The van der Waals surface area contributed by atoms with Crippen LogP contribution in [0.4, 0.5) is 17.2 Å². The van der Waals surface area contributed by atoms with Crippen LogP contribution in [0.5, 0.6) is 0 Å². The third-order valence-corrected chi connectivity index (χ3v) is 8.95. The molecule has 0 bridgehead atoms. The first-order valence-corrected chi connectivity index (χ1v) is 15.9. The molecule has 0 saturated heterocycles. The predicted molar refractivity (Wildman–Crippen MR) is 196 cm³/mol. The van der Waals surface area contributed by atoms with E-state index < -0.39 is 0 Å². The molecule has 4 nitrogen and oxygen atoms in total. The van der Waals surface area contributed by atoms with E-state index in [9.17, 15) is 0 Å². The molecule has 6 aromatic carbocycles. The van der Waals surface area contributed by atoms with Crippen LogP contribution in [0.1, 0.15) is 0 Å². The van der Waals surface area contributed by atoms with E-state index in [1.807, 2.05) is 30.5 Å². The second-order valence-corrected chi connectivity index (χ2v) is 11.7. The minimum atomic E-state index is 0.881. The summed E-state index contributed by atoms with van der Waals surface area (Å²) in [6.07, 6.45) is 1.84. The van der Waals surface area contributed by atoms with Gasteiger partial charge in [-0.05, 0) is 83.9 Å². The van der Waals surface area contributed by atoms with Gasteiger partial charge >= 0.3 is 0 Å². The molecule has 0 aliphatic heterocycles. The molecule has 3 heterocycles. The van der Waals surface area contributed by atoms with E-state index in [1.165, 1.54) is 38.4 Å². The van der Waals surface area contributed by atoms with E-state index in [0.29, 0.717) is 0 Å². The standard InChI is InChI=1S/C43H30N4/c1-4-14-33(15-5-1)45(41-22-12-13-29-44-41)36-26-23-31(24-27-36)32-25-28-38-40(30-32)47(35-18-8-3-9-19-35)43-42(38)37-20-10-11-21-39(37)46(43)34-16-6-2-7-17-34/h1-30H. The van der Waals surface area contributed by atoms with Gasteiger partial charge in [-0.15, -0.1) is 0 Å². The minimum Gasteiger partial charge on any atom is -0.295 e. The highest BCUT2D eigenvalue weighted by Crippen LogP contribution is 2.42. The fourth-order valence-corrected chi connectivity index (χ4v) is 6.88. The lowest BCUT2D eigenvalue weighted by Gasteiger charge is -2.24. The van der Waals surface area contributed by atoms with Gasteiger partial charge in [-0.1, -0.05) is 103 Å². The maximum Gasteiger partial charge on any atom is 0.137 e. The van der Waals surface area contributed by atoms with E-state index >= 15 is 0 Å². The Morgan fingerprint density at radius 2 is 0.979 bits per heavy atom. The van der Waals surface area contributed by atoms with Gasteiger partial charge in [-0.2, -0.15) is 0 Å². The van der Waals surface area contributed by atoms with Crippen LogP contribution in [-0.2, 0) is 0 Å². The highest BCUT2D eigenvalue weighted by atomic mass is 15.2. The Hall–Kier alpha value is -6.39. The van der Waals surface area contributed by atoms with Crippen LogP contribution in [0.3, 0.4) is 0 Å². The van der Waals surface area contributed by atoms with Gasteiger partial charge in [-0.3, -0.25) is 14.0 Å². The largest absolute Gasteiger partial charge is 0.295 e. The van der Waals surface area contributed by atoms with Crippen LogP contribution in [0.2, 0.25) is 0 Å². The summed E-state index contributed by atoms with van der Waals surface area (Å²) in [6, 6.07) is 62.2. The van der Waals surface area contributed by atoms with Gasteiger partial charge in [0, 0.05) is 45.1 Å². The van der Waals surface area contributed by atoms with Gasteiger partial charge in [0.1, 0.15) is 11.5 Å². The summed E-state index contributed by atoms with van der Waals surface area (Å²) in [7, 11) is 0. The molecule has 0 amide bonds. The summed E-state index contributed by atoms with van der Waals surface area (Å²) in [5, 5.41) is 3.75. The maximum absolute atomic E-state index is 4.67. The average molecular weight is 603 g/mol. The number of nitrogens with zero attached hydrogens (tertiary/aromatic N) is 4. The Labute approximate surface area is 273 Å². The Balaban J connectivity index is 1.24. The van der Waals surface area contributed by atoms with Crippen LogP contribution in [-0.4, -0.2) is 14.1 Å². The van der Waals surface area contributed by atoms with Gasteiger partial charge in [0.05, 0.1) is 11.0 Å². The third kappa shape index (κ3) is 4.50. The first-order valence-electron chi connectivity index (χ1n) is 15.9. The van der Waals surface area contributed by atoms with E-state index in [0.717, 1.165) is 34.1 Å². The van der Waals surface area contributed by atoms with E-state index in [4.69, 9.17) is 0 Å². The highest BCUT2D eigenvalue weighted by Gasteiger charge is 2.22. The van der Waals surface area contributed by atoms with Crippen molar-refractivity contribution in [2.45, 2.75) is 0 Å². The molecule has 4 heteroatoms. The number of anilines is 3. The SMILES string of the molecule is c1ccc(N(c2ccc(-c3ccc4c5c6ccccc6n(-c6ccccc6)c5n(-c5ccccc5)c4c3)cc2)c2ccccn2)cc1. The van der Waals surface area contributed by atoms with Crippen molar-refractivity contribution in [3.05, 3.63) is 182 Å². The van der Waals surface area contributed by atoms with Crippen molar-refractivity contribution in [2.75, 3.05) is 4.90 Å². The van der Waals surface area contributed by atoms with Crippen molar-refractivity contribution >= 4 is 50.0 Å². The number of hydrogen-bond donors (Lipinski definition) is 0. The lowest BCUT2D eigenvalue weighted by Crippen LogP contribution is -2.11. The Bertz CT molecular complexity index is 2440. The predicted octanol–water partition coefficient (Wildman–Crippen LogP) is 11.3. The van der Waals surface area contributed by atoms with Gasteiger partial charge in [0.15, 0.2) is 0 Å². The molecule has 0 radical (unpaired) electrons. The topological polar surface area (TPSA) is 26.0 Å². The summed E-state index contributed by atoms with van der Waals surface area (Å²) in [6.45, 7) is 0. The summed E-state index contributed by atoms with van der Waals surface area (Å²) in [4.78, 5) is 6.86. The molecular formula is C43H30N4. The minimum absolute atomic E-state index is 0.881. The monoisotopic (exact) mass is 602 g/mol. The van der Waals surface area contributed by atoms with Crippen LogP contribution in [0.15, 0.2) is 182 Å². The number of rotatable bonds is 6. The lowest BCUT2D eigenvalue weighted by molar-refractivity contribution is 1.07. The Morgan fingerprint density at radius 1 is 0.426 bits per heavy atom. The third-order valence-electron chi connectivity index (χ3n) is 8.95. The van der Waals surface area contributed by atoms with Gasteiger partial charge < -0.3 is 0 Å². The van der Waals surface area contributed by atoms with Crippen molar-refractivity contribution in [2.24, 2.45) is 0 Å². The molecule has 0 aliphatic rings. The highest BCUT2D eigenvalue weighted by molar-refractivity contribution is 6.22. The number of pyridine rings is 1. The molecule has 0 saturated carbocycles. The Morgan fingerprint density at radius 3 is 1.66 bits per heavy atom. The zero-order valence-corrected chi connectivity index (χ0v) is 25.6. The van der Waals surface area contributed by atoms with Crippen molar-refractivity contribution in [3.63, 3.8) is 0 Å². The van der Waals surface area contributed by atoms with Crippen molar-refractivity contribution in [1.29, 1.82) is 0 Å². The van der Waals surface area contributed by atoms with E-state index in [-0.39, 0.29) is 0 Å². The van der Waals surface area contributed by atoms with Crippen molar-refractivity contribution in [3.8, 4) is 22.5 Å². The molecule has 47 heavy (non-hydrogen) atoms. The summed E-state index contributed by atoms with van der Waals surface area (Å²) in [5.74, 6) is 0.881. The zero-order chi connectivity index (χ0) is 31.2. The maximum atomic E-state index is 4.67. The fourth-order valence-electron chi connectivity index (χ4n) is 6.88. The molecule has 0 aliphatic carbocycles. The molecule has 0 unspecified atom stereocenters. The number of fused-ring (bicyclic) bond motifs is 5. The number of para-hydroxylation sites is 4. The average Bonchev–Trinajstić information content (AvgIpc) is 3.66. The Kier molecular flexibility index (Phi) is 6.43. The normalized spacial score (nSPS) is 11.4. The molecule has 0 atom stereocenters. The van der Waals surface area contributed by atoms with Gasteiger partial charge in [0.2, 0.25) is 0 Å². The molecule has 0 spiro atoms. The van der Waals surface area contributed by atoms with Crippen LogP contribution in [0, 0.1) is 0 Å². The zero-order valence-electron chi connectivity index (χ0n) is 25.6. The smallest absolute Gasteiger partial charge is 0.137 e. The second kappa shape index (κ2) is 11.2.